The SMILES string of the molecule is COCCCNC(=O)c1cccc(F)c1Br. The minimum Gasteiger partial charge on any atom is -0.385 e. The van der Waals surface area contributed by atoms with Crippen molar-refractivity contribution in [2.24, 2.45) is 0 Å². The molecule has 0 aliphatic rings. The molecule has 0 spiro atoms. The smallest absolute Gasteiger partial charge is 0.252 e. The van der Waals surface area contributed by atoms with Crippen LogP contribution in [0.1, 0.15) is 16.8 Å². The van der Waals surface area contributed by atoms with Gasteiger partial charge in [0.2, 0.25) is 0 Å². The van der Waals surface area contributed by atoms with Gasteiger partial charge in [-0.15, -0.1) is 0 Å². The van der Waals surface area contributed by atoms with Crippen LogP contribution in [0, 0.1) is 5.82 Å². The fourth-order valence-electron chi connectivity index (χ4n) is 1.19. The van der Waals surface area contributed by atoms with E-state index in [1.54, 1.807) is 13.2 Å². The van der Waals surface area contributed by atoms with Crippen molar-refractivity contribution < 1.29 is 13.9 Å². The van der Waals surface area contributed by atoms with Crippen LogP contribution in [0.4, 0.5) is 4.39 Å². The number of ether oxygens (including phenoxy) is 1. The molecular formula is C11H13BrFNO2. The van der Waals surface area contributed by atoms with Crippen molar-refractivity contribution in [1.82, 2.24) is 5.32 Å². The van der Waals surface area contributed by atoms with E-state index in [1.165, 1.54) is 12.1 Å². The average Bonchev–Trinajstić information content (AvgIpc) is 2.28. The lowest BCUT2D eigenvalue weighted by atomic mass is 10.2. The minimum atomic E-state index is -0.440. The van der Waals surface area contributed by atoms with E-state index < -0.39 is 5.82 Å². The van der Waals surface area contributed by atoms with Gasteiger partial charge < -0.3 is 10.1 Å². The van der Waals surface area contributed by atoms with E-state index in [4.69, 9.17) is 4.74 Å². The molecule has 16 heavy (non-hydrogen) atoms. The average molecular weight is 290 g/mol. The number of hydrogen-bond acceptors (Lipinski definition) is 2. The second kappa shape index (κ2) is 6.60. The first kappa shape index (κ1) is 13.1. The lowest BCUT2D eigenvalue weighted by Gasteiger charge is -2.06. The number of carbonyl (C=O) groups excluding carboxylic acids is 1. The van der Waals surface area contributed by atoms with Crippen LogP contribution in [0.2, 0.25) is 0 Å². The summed E-state index contributed by atoms with van der Waals surface area (Å²) in [6.07, 6.45) is 0.731. The van der Waals surface area contributed by atoms with E-state index in [2.05, 4.69) is 21.2 Å². The maximum absolute atomic E-state index is 13.1. The van der Waals surface area contributed by atoms with E-state index in [1.807, 2.05) is 0 Å². The molecule has 3 nitrogen and oxygen atoms in total. The first-order chi connectivity index (χ1) is 7.66. The van der Waals surface area contributed by atoms with Crippen LogP contribution in [0.15, 0.2) is 22.7 Å². The summed E-state index contributed by atoms with van der Waals surface area (Å²) in [6.45, 7) is 1.10. The number of benzene rings is 1. The van der Waals surface area contributed by atoms with E-state index in [0.717, 1.165) is 6.42 Å². The van der Waals surface area contributed by atoms with Gasteiger partial charge in [-0.05, 0) is 34.5 Å². The quantitative estimate of drug-likeness (QED) is 0.845. The first-order valence-corrected chi connectivity index (χ1v) is 5.67. The number of carbonyl (C=O) groups is 1. The van der Waals surface area contributed by atoms with Crippen LogP contribution < -0.4 is 5.32 Å². The molecule has 0 unspecified atom stereocenters. The highest BCUT2D eigenvalue weighted by Gasteiger charge is 2.11. The number of halogens is 2. The molecule has 0 saturated carbocycles. The molecule has 0 heterocycles. The maximum atomic E-state index is 13.1. The zero-order valence-corrected chi connectivity index (χ0v) is 10.5. The molecule has 0 aliphatic carbocycles. The van der Waals surface area contributed by atoms with Crippen LogP contribution in [0.25, 0.3) is 0 Å². The van der Waals surface area contributed by atoms with Gasteiger partial charge in [-0.2, -0.15) is 0 Å². The Labute approximate surface area is 102 Å². The Balaban J connectivity index is 2.56. The zero-order chi connectivity index (χ0) is 12.0. The molecule has 0 fully saturated rings. The van der Waals surface area contributed by atoms with Crippen LogP contribution in [-0.4, -0.2) is 26.2 Å². The Hall–Kier alpha value is -0.940. The molecular weight excluding hydrogens is 277 g/mol. The van der Waals surface area contributed by atoms with Gasteiger partial charge in [-0.25, -0.2) is 4.39 Å². The highest BCUT2D eigenvalue weighted by Crippen LogP contribution is 2.19. The van der Waals surface area contributed by atoms with Crippen molar-refractivity contribution in [2.45, 2.75) is 6.42 Å². The Kier molecular flexibility index (Phi) is 5.42. The summed E-state index contributed by atoms with van der Waals surface area (Å²) in [5.74, 6) is -0.730. The predicted octanol–water partition coefficient (Wildman–Crippen LogP) is 2.35. The molecule has 0 aromatic heterocycles. The summed E-state index contributed by atoms with van der Waals surface area (Å²) in [5.41, 5.74) is 0.303. The third kappa shape index (κ3) is 3.57. The molecule has 0 atom stereocenters. The van der Waals surface area contributed by atoms with Gasteiger partial charge in [-0.3, -0.25) is 4.79 Å². The Bertz CT molecular complexity index is 371. The van der Waals surface area contributed by atoms with Crippen molar-refractivity contribution >= 4 is 21.8 Å². The topological polar surface area (TPSA) is 38.3 Å². The summed E-state index contributed by atoms with van der Waals surface area (Å²) in [5, 5.41) is 2.69. The van der Waals surface area contributed by atoms with Gasteiger partial charge in [0.1, 0.15) is 5.82 Å². The number of amides is 1. The van der Waals surface area contributed by atoms with Crippen molar-refractivity contribution in [1.29, 1.82) is 0 Å². The largest absolute Gasteiger partial charge is 0.385 e. The van der Waals surface area contributed by atoms with Gasteiger partial charge in [-0.1, -0.05) is 6.07 Å². The lowest BCUT2D eigenvalue weighted by Crippen LogP contribution is -2.25. The highest BCUT2D eigenvalue weighted by atomic mass is 79.9. The Morgan fingerprint density at radius 1 is 1.56 bits per heavy atom. The summed E-state index contributed by atoms with van der Waals surface area (Å²) >= 11 is 3.04. The van der Waals surface area contributed by atoms with Crippen LogP contribution in [0.5, 0.6) is 0 Å². The van der Waals surface area contributed by atoms with Gasteiger partial charge in [0.05, 0.1) is 10.0 Å². The molecule has 1 rings (SSSR count). The maximum Gasteiger partial charge on any atom is 0.252 e. The summed E-state index contributed by atoms with van der Waals surface area (Å²) in [7, 11) is 1.60. The summed E-state index contributed by atoms with van der Waals surface area (Å²) < 4.78 is 18.2. The zero-order valence-electron chi connectivity index (χ0n) is 8.93. The van der Waals surface area contributed by atoms with Gasteiger partial charge in [0.25, 0.3) is 5.91 Å². The van der Waals surface area contributed by atoms with Crippen molar-refractivity contribution in [3.8, 4) is 0 Å². The number of rotatable bonds is 5. The van der Waals surface area contributed by atoms with E-state index >= 15 is 0 Å². The molecule has 1 aromatic rings. The third-order valence-corrected chi connectivity index (χ3v) is 2.81. The predicted molar refractivity (Wildman–Crippen MR) is 62.9 cm³/mol. The van der Waals surface area contributed by atoms with Crippen molar-refractivity contribution in [2.75, 3.05) is 20.3 Å². The molecule has 1 N–H and O–H groups in total. The molecule has 88 valence electrons. The highest BCUT2D eigenvalue weighted by molar-refractivity contribution is 9.10. The first-order valence-electron chi connectivity index (χ1n) is 4.88. The van der Waals surface area contributed by atoms with E-state index in [0.29, 0.717) is 18.7 Å². The van der Waals surface area contributed by atoms with E-state index in [-0.39, 0.29) is 10.4 Å². The molecule has 1 aromatic carbocycles. The van der Waals surface area contributed by atoms with Gasteiger partial charge in [0, 0.05) is 20.3 Å². The normalized spacial score (nSPS) is 10.2. The second-order valence-corrected chi connectivity index (χ2v) is 4.00. The Morgan fingerprint density at radius 2 is 2.31 bits per heavy atom. The minimum absolute atomic E-state index is 0.194. The van der Waals surface area contributed by atoms with E-state index in [9.17, 15) is 9.18 Å². The molecule has 5 heteroatoms. The fourth-order valence-corrected chi connectivity index (χ4v) is 1.64. The number of hydrogen-bond donors (Lipinski definition) is 1. The van der Waals surface area contributed by atoms with Crippen LogP contribution >= 0.6 is 15.9 Å². The van der Waals surface area contributed by atoms with Gasteiger partial charge >= 0.3 is 0 Å². The Morgan fingerprint density at radius 3 is 3.00 bits per heavy atom. The number of methoxy groups -OCH3 is 1. The van der Waals surface area contributed by atoms with Crippen molar-refractivity contribution in [3.63, 3.8) is 0 Å². The molecule has 1 amide bonds. The lowest BCUT2D eigenvalue weighted by molar-refractivity contribution is 0.0947. The molecule has 0 saturated heterocycles. The standard InChI is InChI=1S/C11H13BrFNO2/c1-16-7-3-6-14-11(15)8-4-2-5-9(13)10(8)12/h2,4-5H,3,6-7H2,1H3,(H,14,15). The van der Waals surface area contributed by atoms with Crippen LogP contribution in [-0.2, 0) is 4.74 Å². The fraction of sp³-hybridized carbons (Fsp3) is 0.364. The number of nitrogens with one attached hydrogen (secondary N) is 1. The van der Waals surface area contributed by atoms with Crippen LogP contribution in [0.3, 0.4) is 0 Å². The molecule has 0 aliphatic heterocycles. The second-order valence-electron chi connectivity index (χ2n) is 3.20. The van der Waals surface area contributed by atoms with Crippen molar-refractivity contribution in [3.05, 3.63) is 34.1 Å². The van der Waals surface area contributed by atoms with Gasteiger partial charge in [0.15, 0.2) is 0 Å². The molecule has 0 bridgehead atoms. The molecule has 0 radical (unpaired) electrons. The third-order valence-electron chi connectivity index (χ3n) is 2.01. The monoisotopic (exact) mass is 289 g/mol. The summed E-state index contributed by atoms with van der Waals surface area (Å²) in [6, 6.07) is 4.37. The summed E-state index contributed by atoms with van der Waals surface area (Å²) in [4.78, 5) is 11.6.